The van der Waals surface area contributed by atoms with Crippen molar-refractivity contribution < 1.29 is 37.3 Å². The zero-order chi connectivity index (χ0) is 53.6. The van der Waals surface area contributed by atoms with Gasteiger partial charge in [0.05, 0.1) is 33.8 Å². The van der Waals surface area contributed by atoms with E-state index in [1.54, 1.807) is 0 Å². The maximum absolute atomic E-state index is 13.5. The number of esters is 1. The van der Waals surface area contributed by atoms with Crippen molar-refractivity contribution in [1.82, 2.24) is 5.32 Å². The molecule has 1 amide bonds. The minimum absolute atomic E-state index is 0.0237. The highest BCUT2D eigenvalue weighted by Gasteiger charge is 2.27. The standard InChI is InChI=1S/C63H119N2O7P/c1-7-10-13-16-19-22-25-27-29-31-32-34-35-37-40-43-46-49-52-55-62(66)64-60(59-71-73(68,69)70-58-57-65(4,5)6)61(54-51-48-45-42-39-24-21-18-15-12-9-3)72-63(67)56-53-50-47-44-41-38-36-33-30-28-26-23-20-17-14-11-8-2/h20,23,27-30,51,54,60-61H,7-19,21-22,24-26,31-50,52-53,55-59H2,1-6H3,(H-,64,66,68,69)/b23-20-,29-27+,30-28-,54-51+. The van der Waals surface area contributed by atoms with Crippen LogP contribution in [0.15, 0.2) is 48.6 Å². The Balaban J connectivity index is 5.23. The molecule has 10 heteroatoms. The summed E-state index contributed by atoms with van der Waals surface area (Å²) in [5.41, 5.74) is 0. The average Bonchev–Trinajstić information content (AvgIpc) is 3.35. The Morgan fingerprint density at radius 3 is 1.27 bits per heavy atom. The number of unbranched alkanes of at least 4 members (excludes halogenated alkanes) is 34. The second-order valence-corrected chi connectivity index (χ2v) is 23.6. The summed E-state index contributed by atoms with van der Waals surface area (Å²) in [6, 6.07) is -0.891. The summed E-state index contributed by atoms with van der Waals surface area (Å²) >= 11 is 0. The van der Waals surface area contributed by atoms with Gasteiger partial charge >= 0.3 is 5.97 Å². The van der Waals surface area contributed by atoms with Gasteiger partial charge in [0.1, 0.15) is 19.3 Å². The molecule has 0 rings (SSSR count). The Morgan fingerprint density at radius 1 is 0.479 bits per heavy atom. The van der Waals surface area contributed by atoms with E-state index in [2.05, 4.69) is 62.5 Å². The first-order valence-electron chi connectivity index (χ1n) is 30.9. The first-order valence-corrected chi connectivity index (χ1v) is 32.4. The minimum atomic E-state index is -4.70. The normalized spacial score (nSPS) is 14.0. The molecular formula is C63H119N2O7P. The van der Waals surface area contributed by atoms with Crippen molar-refractivity contribution in [2.45, 2.75) is 303 Å². The third kappa shape index (κ3) is 54.6. The summed E-state index contributed by atoms with van der Waals surface area (Å²) in [5.74, 6) is -0.546. The van der Waals surface area contributed by atoms with Crippen LogP contribution in [0.4, 0.5) is 0 Å². The minimum Gasteiger partial charge on any atom is -0.756 e. The summed E-state index contributed by atoms with van der Waals surface area (Å²) in [6.45, 7) is 6.82. The highest BCUT2D eigenvalue weighted by Crippen LogP contribution is 2.38. The molecule has 0 spiro atoms. The second kappa shape index (κ2) is 53.4. The van der Waals surface area contributed by atoms with Crippen molar-refractivity contribution in [3.05, 3.63) is 48.6 Å². The molecule has 3 unspecified atom stereocenters. The number of hydrogen-bond donors (Lipinski definition) is 1. The summed E-state index contributed by atoms with van der Waals surface area (Å²) in [7, 11) is 1.18. The van der Waals surface area contributed by atoms with E-state index < -0.39 is 26.6 Å². The Hall–Kier alpha value is -2.03. The molecule has 3 atom stereocenters. The van der Waals surface area contributed by atoms with Crippen LogP contribution in [-0.4, -0.2) is 69.4 Å². The molecule has 1 N–H and O–H groups in total. The maximum atomic E-state index is 13.5. The molecule has 0 aromatic heterocycles. The number of likely N-dealkylation sites (N-methyl/N-ethyl adjacent to an activating group) is 1. The second-order valence-electron chi connectivity index (χ2n) is 22.2. The van der Waals surface area contributed by atoms with Crippen LogP contribution in [0.3, 0.4) is 0 Å². The topological polar surface area (TPSA) is 114 Å². The van der Waals surface area contributed by atoms with Crippen LogP contribution in [0.5, 0.6) is 0 Å². The number of phosphoric acid groups is 1. The van der Waals surface area contributed by atoms with E-state index in [9.17, 15) is 19.0 Å². The Labute approximate surface area is 452 Å². The zero-order valence-corrected chi connectivity index (χ0v) is 49.7. The van der Waals surface area contributed by atoms with Gasteiger partial charge in [-0.25, -0.2) is 0 Å². The van der Waals surface area contributed by atoms with Crippen LogP contribution >= 0.6 is 7.82 Å². The number of nitrogens with one attached hydrogen (secondary N) is 1. The molecular weight excluding hydrogens is 928 g/mol. The lowest BCUT2D eigenvalue weighted by Gasteiger charge is -2.30. The molecule has 0 heterocycles. The summed E-state index contributed by atoms with van der Waals surface area (Å²) in [4.78, 5) is 39.9. The summed E-state index contributed by atoms with van der Waals surface area (Å²) in [5, 5.41) is 3.03. The van der Waals surface area contributed by atoms with Crippen molar-refractivity contribution >= 4 is 19.7 Å². The number of hydrogen-bond acceptors (Lipinski definition) is 7. The molecule has 0 saturated carbocycles. The van der Waals surface area contributed by atoms with E-state index in [0.717, 1.165) is 77.0 Å². The van der Waals surface area contributed by atoms with Gasteiger partial charge in [-0.15, -0.1) is 0 Å². The van der Waals surface area contributed by atoms with Crippen LogP contribution in [0, 0.1) is 0 Å². The predicted octanol–water partition coefficient (Wildman–Crippen LogP) is 18.3. The van der Waals surface area contributed by atoms with Crippen molar-refractivity contribution in [2.24, 2.45) is 0 Å². The lowest BCUT2D eigenvalue weighted by atomic mass is 10.0. The number of carbonyl (C=O) groups excluding carboxylic acids is 2. The summed E-state index contributed by atoms with van der Waals surface area (Å²) in [6.07, 6.45) is 65.0. The molecule has 9 nitrogen and oxygen atoms in total. The van der Waals surface area contributed by atoms with Gasteiger partial charge in [-0.05, 0) is 89.5 Å². The van der Waals surface area contributed by atoms with Crippen molar-refractivity contribution in [1.29, 1.82) is 0 Å². The third-order valence-electron chi connectivity index (χ3n) is 13.7. The third-order valence-corrected chi connectivity index (χ3v) is 14.7. The predicted molar refractivity (Wildman–Crippen MR) is 312 cm³/mol. The molecule has 428 valence electrons. The van der Waals surface area contributed by atoms with Crippen LogP contribution in [0.1, 0.15) is 290 Å². The first-order chi connectivity index (χ1) is 35.4. The number of phosphoric ester groups is 1. The zero-order valence-electron chi connectivity index (χ0n) is 48.8. The van der Waals surface area contributed by atoms with Crippen LogP contribution in [0.25, 0.3) is 0 Å². The fourth-order valence-corrected chi connectivity index (χ4v) is 9.62. The molecule has 0 fully saturated rings. The molecule has 0 aliphatic carbocycles. The Kier molecular flexibility index (Phi) is 51.9. The van der Waals surface area contributed by atoms with Crippen molar-refractivity contribution in [3.63, 3.8) is 0 Å². The first kappa shape index (κ1) is 71.0. The van der Waals surface area contributed by atoms with E-state index in [-0.39, 0.29) is 24.9 Å². The van der Waals surface area contributed by atoms with Crippen LogP contribution in [-0.2, 0) is 27.9 Å². The monoisotopic (exact) mass is 1050 g/mol. The van der Waals surface area contributed by atoms with Crippen molar-refractivity contribution in [3.8, 4) is 0 Å². The number of nitrogens with zero attached hydrogens (tertiary/aromatic N) is 1. The molecule has 0 aromatic rings. The molecule has 0 bridgehead atoms. The van der Waals surface area contributed by atoms with E-state index in [1.807, 2.05) is 33.3 Å². The summed E-state index contributed by atoms with van der Waals surface area (Å²) < 4.78 is 30.3. The Bertz CT molecular complexity index is 1390. The number of amides is 1. The van der Waals surface area contributed by atoms with E-state index in [4.69, 9.17) is 13.8 Å². The molecule has 0 aliphatic heterocycles. The maximum Gasteiger partial charge on any atom is 0.306 e. The smallest absolute Gasteiger partial charge is 0.306 e. The molecule has 73 heavy (non-hydrogen) atoms. The van der Waals surface area contributed by atoms with Gasteiger partial charge in [0.15, 0.2) is 0 Å². The number of rotatable bonds is 56. The number of quaternary nitrogens is 1. The van der Waals surface area contributed by atoms with Crippen LogP contribution in [0.2, 0.25) is 0 Å². The van der Waals surface area contributed by atoms with Crippen LogP contribution < -0.4 is 10.2 Å². The van der Waals surface area contributed by atoms with E-state index in [1.165, 1.54) is 180 Å². The molecule has 0 saturated heterocycles. The average molecular weight is 1050 g/mol. The van der Waals surface area contributed by atoms with E-state index in [0.29, 0.717) is 17.4 Å². The van der Waals surface area contributed by atoms with E-state index >= 15 is 0 Å². The fourth-order valence-electron chi connectivity index (χ4n) is 8.90. The fraction of sp³-hybridized carbons (Fsp3) is 0.841. The SMILES string of the molecule is CCCCC/C=C\C/C=C\CCCCCCCCCC(=O)OC(/C=C/CCCCCCCCCCC)C(COP(=O)([O-])OCC[N+](C)(C)C)NC(=O)CCCCCCCCCCC/C=C/CCCCCCCC. The highest BCUT2D eigenvalue weighted by molar-refractivity contribution is 7.45. The molecule has 0 aromatic carbocycles. The largest absolute Gasteiger partial charge is 0.756 e. The lowest BCUT2D eigenvalue weighted by Crippen LogP contribution is -2.47. The quantitative estimate of drug-likeness (QED) is 0.0212. The van der Waals surface area contributed by atoms with Gasteiger partial charge in [-0.3, -0.25) is 14.2 Å². The van der Waals surface area contributed by atoms with Gasteiger partial charge in [-0.2, -0.15) is 0 Å². The highest BCUT2D eigenvalue weighted by atomic mass is 31.2. The number of carbonyl (C=O) groups is 2. The molecule has 0 radical (unpaired) electrons. The van der Waals surface area contributed by atoms with Gasteiger partial charge < -0.3 is 28.5 Å². The van der Waals surface area contributed by atoms with Gasteiger partial charge in [0.2, 0.25) is 5.91 Å². The Morgan fingerprint density at radius 2 is 0.836 bits per heavy atom. The van der Waals surface area contributed by atoms with Gasteiger partial charge in [0, 0.05) is 12.8 Å². The number of allylic oxidation sites excluding steroid dienone is 7. The lowest BCUT2D eigenvalue weighted by molar-refractivity contribution is -0.870. The van der Waals surface area contributed by atoms with Crippen molar-refractivity contribution in [2.75, 3.05) is 40.9 Å². The molecule has 0 aliphatic rings. The van der Waals surface area contributed by atoms with Gasteiger partial charge in [0.25, 0.3) is 7.82 Å². The number of ether oxygens (including phenoxy) is 1. The van der Waals surface area contributed by atoms with Gasteiger partial charge in [-0.1, -0.05) is 237 Å².